The molecule has 1 N–H and O–H groups in total. The third-order valence-electron chi connectivity index (χ3n) is 3.87. The van der Waals surface area contributed by atoms with Gasteiger partial charge in [0.25, 0.3) is 0 Å². The normalized spacial score (nSPS) is 10.8. The molecule has 0 aliphatic rings. The molecule has 122 valence electrons. The van der Waals surface area contributed by atoms with Crippen LogP contribution >= 0.6 is 0 Å². The zero-order valence-corrected chi connectivity index (χ0v) is 13.5. The summed E-state index contributed by atoms with van der Waals surface area (Å²) in [7, 11) is 0. The Morgan fingerprint density at radius 1 is 1.04 bits per heavy atom. The van der Waals surface area contributed by atoms with Crippen LogP contribution in [0.4, 0.5) is 5.69 Å². The smallest absolute Gasteiger partial charge is 0.221 e. The number of carbonyl (C=O) groups excluding carboxylic acids is 1. The molecule has 0 unspecified atom stereocenters. The van der Waals surface area contributed by atoms with Crippen molar-refractivity contribution in [3.63, 3.8) is 0 Å². The lowest BCUT2D eigenvalue weighted by atomic mass is 10.1. The zero-order chi connectivity index (χ0) is 17.2. The largest absolute Gasteiger partial charge is 0.324 e. The van der Waals surface area contributed by atoms with E-state index >= 15 is 0 Å². The number of fused-ring (bicyclic) bond motifs is 1. The molecule has 1 amide bonds. The van der Waals surface area contributed by atoms with Gasteiger partial charge in [0, 0.05) is 24.1 Å². The number of hydrogen-bond donors (Lipinski definition) is 1. The van der Waals surface area contributed by atoms with Gasteiger partial charge < -0.3 is 5.32 Å². The Hall–Kier alpha value is -3.54. The fraction of sp³-hybridized carbons (Fsp3) is 0.0526. The van der Waals surface area contributed by atoms with E-state index in [0.717, 1.165) is 22.3 Å². The summed E-state index contributed by atoms with van der Waals surface area (Å²) in [5.41, 5.74) is 4.05. The number of benzene rings is 2. The van der Waals surface area contributed by atoms with Crippen molar-refractivity contribution in [2.24, 2.45) is 0 Å². The number of anilines is 1. The molecule has 4 rings (SSSR count). The first-order valence-electron chi connectivity index (χ1n) is 7.86. The lowest BCUT2D eigenvalue weighted by Gasteiger charge is -2.10. The first-order chi connectivity index (χ1) is 12.2. The molecule has 25 heavy (non-hydrogen) atoms. The van der Waals surface area contributed by atoms with Gasteiger partial charge in [0.15, 0.2) is 0 Å². The van der Waals surface area contributed by atoms with Crippen molar-refractivity contribution in [3.05, 3.63) is 67.0 Å². The molecule has 6 heteroatoms. The standard InChI is InChI=1S/C19H15N5O/c1-13(25)21-16-9-10-18(15-8-5-11-20-19(15)16)24-12-17(22-23-24)14-6-3-2-4-7-14/h2-12H,1H3,(H,21,25). The molecule has 0 aliphatic heterocycles. The Morgan fingerprint density at radius 2 is 1.88 bits per heavy atom. The second-order valence-electron chi connectivity index (χ2n) is 5.63. The van der Waals surface area contributed by atoms with E-state index in [0.29, 0.717) is 11.2 Å². The Balaban J connectivity index is 1.83. The highest BCUT2D eigenvalue weighted by Gasteiger charge is 2.11. The van der Waals surface area contributed by atoms with Gasteiger partial charge in [-0.15, -0.1) is 5.10 Å². The maximum Gasteiger partial charge on any atom is 0.221 e. The van der Waals surface area contributed by atoms with Crippen LogP contribution in [0.5, 0.6) is 0 Å². The van der Waals surface area contributed by atoms with E-state index in [4.69, 9.17) is 0 Å². The summed E-state index contributed by atoms with van der Waals surface area (Å²) >= 11 is 0. The average Bonchev–Trinajstić information content (AvgIpc) is 3.12. The molecule has 6 nitrogen and oxygen atoms in total. The quantitative estimate of drug-likeness (QED) is 0.625. The monoisotopic (exact) mass is 329 g/mol. The fourth-order valence-electron chi connectivity index (χ4n) is 2.77. The number of carbonyl (C=O) groups is 1. The Kier molecular flexibility index (Phi) is 3.70. The maximum absolute atomic E-state index is 11.4. The van der Waals surface area contributed by atoms with Gasteiger partial charge in [0.2, 0.25) is 5.91 Å². The maximum atomic E-state index is 11.4. The molecule has 0 radical (unpaired) electrons. The van der Waals surface area contributed by atoms with Crippen LogP contribution in [-0.2, 0) is 4.79 Å². The second kappa shape index (κ2) is 6.16. The van der Waals surface area contributed by atoms with Crippen molar-refractivity contribution < 1.29 is 4.79 Å². The predicted molar refractivity (Wildman–Crippen MR) is 96.4 cm³/mol. The van der Waals surface area contributed by atoms with Crippen LogP contribution in [0.3, 0.4) is 0 Å². The molecular weight excluding hydrogens is 314 g/mol. The summed E-state index contributed by atoms with van der Waals surface area (Å²) in [6, 6.07) is 17.4. The molecule has 4 aromatic rings. The highest BCUT2D eigenvalue weighted by molar-refractivity contribution is 6.02. The van der Waals surface area contributed by atoms with Crippen LogP contribution in [0.2, 0.25) is 0 Å². The van der Waals surface area contributed by atoms with Gasteiger partial charge in [-0.3, -0.25) is 9.78 Å². The number of nitrogens with one attached hydrogen (secondary N) is 1. The lowest BCUT2D eigenvalue weighted by Crippen LogP contribution is -2.07. The van der Waals surface area contributed by atoms with Gasteiger partial charge in [-0.25, -0.2) is 4.68 Å². The van der Waals surface area contributed by atoms with Crippen molar-refractivity contribution in [1.82, 2.24) is 20.0 Å². The van der Waals surface area contributed by atoms with Crippen LogP contribution in [-0.4, -0.2) is 25.9 Å². The Morgan fingerprint density at radius 3 is 2.68 bits per heavy atom. The van der Waals surface area contributed by atoms with Gasteiger partial charge in [0.1, 0.15) is 5.69 Å². The highest BCUT2D eigenvalue weighted by atomic mass is 16.1. The first kappa shape index (κ1) is 15.0. The number of aromatic nitrogens is 4. The Bertz CT molecular complexity index is 1060. The molecule has 2 heterocycles. The zero-order valence-electron chi connectivity index (χ0n) is 13.5. The number of rotatable bonds is 3. The molecule has 0 atom stereocenters. The van der Waals surface area contributed by atoms with E-state index in [1.807, 2.05) is 60.8 Å². The van der Waals surface area contributed by atoms with Gasteiger partial charge in [-0.2, -0.15) is 0 Å². The van der Waals surface area contributed by atoms with Crippen LogP contribution in [0, 0.1) is 0 Å². The van der Waals surface area contributed by atoms with Crippen molar-refractivity contribution in [1.29, 1.82) is 0 Å². The number of amides is 1. The number of pyridine rings is 1. The van der Waals surface area contributed by atoms with E-state index in [2.05, 4.69) is 20.6 Å². The van der Waals surface area contributed by atoms with Gasteiger partial charge >= 0.3 is 0 Å². The predicted octanol–water partition coefficient (Wildman–Crippen LogP) is 3.44. The van der Waals surface area contributed by atoms with E-state index < -0.39 is 0 Å². The fourth-order valence-corrected chi connectivity index (χ4v) is 2.77. The summed E-state index contributed by atoms with van der Waals surface area (Å²) in [5.74, 6) is -0.133. The summed E-state index contributed by atoms with van der Waals surface area (Å²) in [4.78, 5) is 15.8. The average molecular weight is 329 g/mol. The van der Waals surface area contributed by atoms with E-state index in [-0.39, 0.29) is 5.91 Å². The van der Waals surface area contributed by atoms with Crippen LogP contribution in [0.15, 0.2) is 67.0 Å². The van der Waals surface area contributed by atoms with Crippen molar-refractivity contribution >= 4 is 22.5 Å². The topological polar surface area (TPSA) is 72.7 Å². The molecule has 0 fully saturated rings. The van der Waals surface area contributed by atoms with Crippen molar-refractivity contribution in [2.45, 2.75) is 6.92 Å². The van der Waals surface area contributed by atoms with Crippen LogP contribution in [0.25, 0.3) is 27.8 Å². The minimum absolute atomic E-state index is 0.133. The molecule has 0 aliphatic carbocycles. The van der Waals surface area contributed by atoms with Crippen molar-refractivity contribution in [3.8, 4) is 16.9 Å². The highest BCUT2D eigenvalue weighted by Crippen LogP contribution is 2.28. The van der Waals surface area contributed by atoms with Gasteiger partial charge in [0.05, 0.1) is 23.1 Å². The summed E-state index contributed by atoms with van der Waals surface area (Å²) in [6.07, 6.45) is 3.59. The molecule has 0 saturated heterocycles. The Labute approximate surface area is 144 Å². The van der Waals surface area contributed by atoms with Gasteiger partial charge in [-0.05, 0) is 24.3 Å². The molecule has 2 aromatic heterocycles. The number of hydrogen-bond acceptors (Lipinski definition) is 4. The SMILES string of the molecule is CC(=O)Nc1ccc(-n2cc(-c3ccccc3)nn2)c2cccnc12. The van der Waals surface area contributed by atoms with E-state index in [1.54, 1.807) is 10.9 Å². The second-order valence-corrected chi connectivity index (χ2v) is 5.63. The third-order valence-corrected chi connectivity index (χ3v) is 3.87. The van der Waals surface area contributed by atoms with Crippen LogP contribution < -0.4 is 5.32 Å². The number of nitrogens with zero attached hydrogens (tertiary/aromatic N) is 4. The van der Waals surface area contributed by atoms with Gasteiger partial charge in [-0.1, -0.05) is 35.5 Å². The summed E-state index contributed by atoms with van der Waals surface area (Å²) < 4.78 is 1.73. The molecule has 0 saturated carbocycles. The molecule has 0 bridgehead atoms. The minimum atomic E-state index is -0.133. The third kappa shape index (κ3) is 2.85. The first-order valence-corrected chi connectivity index (χ1v) is 7.86. The summed E-state index contributed by atoms with van der Waals surface area (Å²) in [6.45, 7) is 1.48. The molecule has 0 spiro atoms. The summed E-state index contributed by atoms with van der Waals surface area (Å²) in [5, 5.41) is 12.2. The van der Waals surface area contributed by atoms with Crippen molar-refractivity contribution in [2.75, 3.05) is 5.32 Å². The molecule has 2 aromatic carbocycles. The molecular formula is C19H15N5O. The van der Waals surface area contributed by atoms with E-state index in [9.17, 15) is 4.79 Å². The minimum Gasteiger partial charge on any atom is -0.324 e. The van der Waals surface area contributed by atoms with E-state index in [1.165, 1.54) is 6.92 Å². The van der Waals surface area contributed by atoms with Crippen LogP contribution in [0.1, 0.15) is 6.92 Å². The lowest BCUT2D eigenvalue weighted by molar-refractivity contribution is -0.114.